The van der Waals surface area contributed by atoms with Crippen LogP contribution in [0.15, 0.2) is 0 Å². The molecule has 0 aromatic carbocycles. The van der Waals surface area contributed by atoms with Gasteiger partial charge in [-0.1, -0.05) is 32.6 Å². The Labute approximate surface area is 69.5 Å². The van der Waals surface area contributed by atoms with Crippen LogP contribution in [0.2, 0.25) is 0 Å². The van der Waals surface area contributed by atoms with E-state index in [0.29, 0.717) is 0 Å². The summed E-state index contributed by atoms with van der Waals surface area (Å²) in [6.45, 7) is 2.34. The third-order valence-electron chi connectivity index (χ3n) is 1.64. The maximum atomic E-state index is 2.34. The molecule has 0 atom stereocenters. The van der Waals surface area contributed by atoms with E-state index >= 15 is 0 Å². The van der Waals surface area contributed by atoms with E-state index in [2.05, 4.69) is 6.92 Å². The van der Waals surface area contributed by atoms with E-state index in [-0.39, 0.29) is 31.0 Å². The maximum absolute atomic E-state index is 2.34. The van der Waals surface area contributed by atoms with Crippen LogP contribution in [0, 0.1) is 5.92 Å². The Balaban J connectivity index is 0. The molecule has 38 valence electrons. The summed E-state index contributed by atoms with van der Waals surface area (Å²) in [6, 6.07) is 0. The molecular weight excluding hydrogens is 95.1 g/mol. The van der Waals surface area contributed by atoms with Gasteiger partial charge in [0.05, 0.1) is 0 Å². The van der Waals surface area contributed by atoms with Crippen LogP contribution in [0.4, 0.5) is 0 Å². The minimum atomic E-state index is 0. The van der Waals surface area contributed by atoms with Gasteiger partial charge in [0.25, 0.3) is 0 Å². The summed E-state index contributed by atoms with van der Waals surface area (Å²) in [7, 11) is 0. The average Bonchev–Trinajstić information content (AvgIpc) is 1.86. The van der Waals surface area contributed by atoms with E-state index in [0.717, 1.165) is 5.92 Å². The minimum absolute atomic E-state index is 0. The Kier molecular flexibility index (Phi) is 4.50. The van der Waals surface area contributed by atoms with E-state index < -0.39 is 0 Å². The molecule has 0 aromatic rings. The summed E-state index contributed by atoms with van der Waals surface area (Å²) >= 11 is 0. The molecule has 0 amide bonds. The van der Waals surface area contributed by atoms with Crippen molar-refractivity contribution in [3.8, 4) is 0 Å². The molecule has 0 aliphatic heterocycles. The molecule has 0 nitrogen and oxygen atoms in total. The maximum Gasteiger partial charge on any atom is 1.00 e. The van der Waals surface area contributed by atoms with E-state index in [9.17, 15) is 0 Å². The quantitative estimate of drug-likeness (QED) is 0.360. The van der Waals surface area contributed by atoms with Crippen LogP contribution in [0.3, 0.4) is 0 Å². The Hall–Kier alpha value is 1.00. The molecule has 1 saturated carbocycles. The molecule has 0 radical (unpaired) electrons. The molecule has 0 bridgehead atoms. The van der Waals surface area contributed by atoms with Gasteiger partial charge in [-0.05, 0) is 5.92 Å². The molecule has 0 spiro atoms. The van der Waals surface area contributed by atoms with Gasteiger partial charge >= 0.3 is 29.6 Å². The van der Waals surface area contributed by atoms with Gasteiger partial charge in [0.15, 0.2) is 0 Å². The van der Waals surface area contributed by atoms with Crippen LogP contribution in [-0.2, 0) is 0 Å². The Morgan fingerprint density at radius 1 is 1.29 bits per heavy atom. The zero-order chi connectivity index (χ0) is 4.41. The van der Waals surface area contributed by atoms with Gasteiger partial charge < -0.3 is 1.43 Å². The third kappa shape index (κ3) is 2.73. The van der Waals surface area contributed by atoms with Crippen LogP contribution in [0.5, 0.6) is 0 Å². The number of hydrogen-bond donors (Lipinski definition) is 0. The zero-order valence-corrected chi connectivity index (χ0v) is 7.41. The van der Waals surface area contributed by atoms with Crippen molar-refractivity contribution < 1.29 is 31.0 Å². The van der Waals surface area contributed by atoms with Gasteiger partial charge in [0, 0.05) is 0 Å². The standard InChI is InChI=1S/C6H12.Na.H/c1-6-4-2-3-5-6;;/h6H,2-5H2,1H3;;/q;+1;-1. The second-order valence-electron chi connectivity index (χ2n) is 2.39. The first-order valence-corrected chi connectivity index (χ1v) is 2.89. The van der Waals surface area contributed by atoms with Crippen molar-refractivity contribution in [3.05, 3.63) is 0 Å². The smallest absolute Gasteiger partial charge is 1.00 e. The van der Waals surface area contributed by atoms with E-state index in [1.54, 1.807) is 0 Å². The van der Waals surface area contributed by atoms with Gasteiger partial charge in [-0.3, -0.25) is 0 Å². The molecule has 1 fully saturated rings. The normalized spacial score (nSPS) is 21.9. The molecule has 0 heterocycles. The van der Waals surface area contributed by atoms with E-state index in [4.69, 9.17) is 0 Å². The Morgan fingerprint density at radius 3 is 1.86 bits per heavy atom. The fraction of sp³-hybridized carbons (Fsp3) is 1.00. The summed E-state index contributed by atoms with van der Waals surface area (Å²) < 4.78 is 0. The van der Waals surface area contributed by atoms with Crippen molar-refractivity contribution in [2.75, 3.05) is 0 Å². The van der Waals surface area contributed by atoms with Crippen LogP contribution in [0.1, 0.15) is 34.0 Å². The molecule has 0 unspecified atom stereocenters. The van der Waals surface area contributed by atoms with Crippen molar-refractivity contribution in [2.45, 2.75) is 32.6 Å². The van der Waals surface area contributed by atoms with E-state index in [1.807, 2.05) is 0 Å². The van der Waals surface area contributed by atoms with Crippen molar-refractivity contribution in [1.29, 1.82) is 0 Å². The topological polar surface area (TPSA) is 0 Å². The molecule has 0 N–H and O–H groups in total. The number of rotatable bonds is 0. The summed E-state index contributed by atoms with van der Waals surface area (Å²) in [4.78, 5) is 0. The summed E-state index contributed by atoms with van der Waals surface area (Å²) in [6.07, 6.45) is 5.95. The van der Waals surface area contributed by atoms with Gasteiger partial charge in [0.1, 0.15) is 0 Å². The predicted molar refractivity (Wildman–Crippen MR) is 28.7 cm³/mol. The first-order chi connectivity index (χ1) is 2.89. The largest absolute Gasteiger partial charge is 1.00 e. The average molecular weight is 108 g/mol. The molecular formula is C6H13Na. The van der Waals surface area contributed by atoms with Crippen molar-refractivity contribution in [1.82, 2.24) is 0 Å². The summed E-state index contributed by atoms with van der Waals surface area (Å²) in [5.74, 6) is 1.05. The molecule has 0 aromatic heterocycles. The van der Waals surface area contributed by atoms with Gasteiger partial charge in [-0.25, -0.2) is 0 Å². The van der Waals surface area contributed by atoms with Crippen LogP contribution in [0.25, 0.3) is 0 Å². The molecule has 7 heavy (non-hydrogen) atoms. The van der Waals surface area contributed by atoms with Crippen molar-refractivity contribution >= 4 is 0 Å². The number of hydrogen-bond acceptors (Lipinski definition) is 0. The second-order valence-corrected chi connectivity index (χ2v) is 2.39. The first kappa shape index (κ1) is 8.00. The van der Waals surface area contributed by atoms with Gasteiger partial charge in [-0.2, -0.15) is 0 Å². The fourth-order valence-corrected chi connectivity index (χ4v) is 1.13. The monoisotopic (exact) mass is 108 g/mol. The first-order valence-electron chi connectivity index (χ1n) is 2.89. The summed E-state index contributed by atoms with van der Waals surface area (Å²) in [5, 5.41) is 0. The molecule has 1 rings (SSSR count). The SMILES string of the molecule is CC1CCCC1.[H-].[Na+]. The predicted octanol–water partition coefficient (Wildman–Crippen LogP) is -0.687. The third-order valence-corrected chi connectivity index (χ3v) is 1.64. The second kappa shape index (κ2) is 3.94. The van der Waals surface area contributed by atoms with Crippen molar-refractivity contribution in [3.63, 3.8) is 0 Å². The molecule has 1 heteroatoms. The van der Waals surface area contributed by atoms with Gasteiger partial charge in [0.2, 0.25) is 0 Å². The van der Waals surface area contributed by atoms with E-state index in [1.165, 1.54) is 25.7 Å². The van der Waals surface area contributed by atoms with Crippen LogP contribution in [-0.4, -0.2) is 0 Å². The summed E-state index contributed by atoms with van der Waals surface area (Å²) in [5.41, 5.74) is 0. The Morgan fingerprint density at radius 2 is 1.71 bits per heavy atom. The molecule has 1 aliphatic rings. The molecule has 0 saturated heterocycles. The Bertz CT molecular complexity index is 41.8. The van der Waals surface area contributed by atoms with Gasteiger partial charge in [-0.15, -0.1) is 0 Å². The fourth-order valence-electron chi connectivity index (χ4n) is 1.13. The minimum Gasteiger partial charge on any atom is -1.00 e. The zero-order valence-electron chi connectivity index (χ0n) is 6.41. The van der Waals surface area contributed by atoms with Crippen LogP contribution < -0.4 is 29.6 Å². The van der Waals surface area contributed by atoms with Crippen LogP contribution >= 0.6 is 0 Å². The molecule has 1 aliphatic carbocycles. The van der Waals surface area contributed by atoms with Crippen molar-refractivity contribution in [2.24, 2.45) is 5.92 Å².